The predicted molar refractivity (Wildman–Crippen MR) is 81.2 cm³/mol. The third-order valence-corrected chi connectivity index (χ3v) is 3.21. The minimum Gasteiger partial charge on any atom is -0.379 e. The van der Waals surface area contributed by atoms with Crippen molar-refractivity contribution in [3.63, 3.8) is 0 Å². The molecule has 0 aliphatic rings. The summed E-state index contributed by atoms with van der Waals surface area (Å²) >= 11 is 0. The molecule has 1 aromatic carbocycles. The van der Waals surface area contributed by atoms with Crippen LogP contribution < -0.4 is 11.1 Å². The second-order valence-electron chi connectivity index (χ2n) is 5.29. The first-order chi connectivity index (χ1) is 9.52. The second-order valence-corrected chi connectivity index (χ2v) is 5.29. The van der Waals surface area contributed by atoms with Crippen LogP contribution in [0.5, 0.6) is 0 Å². The Morgan fingerprint density at radius 3 is 2.50 bits per heavy atom. The van der Waals surface area contributed by atoms with Crippen LogP contribution in [0, 0.1) is 5.92 Å². The van der Waals surface area contributed by atoms with Gasteiger partial charge in [0, 0.05) is 19.2 Å². The molecule has 112 valence electrons. The van der Waals surface area contributed by atoms with Crippen LogP contribution in [0.4, 0.5) is 0 Å². The summed E-state index contributed by atoms with van der Waals surface area (Å²) in [5.74, 6) is -0.255. The lowest BCUT2D eigenvalue weighted by Gasteiger charge is -2.19. The molecule has 0 saturated carbocycles. The molecule has 0 aliphatic carbocycles. The van der Waals surface area contributed by atoms with Crippen LogP contribution in [0.3, 0.4) is 0 Å². The Kier molecular flexibility index (Phi) is 7.26. The number of carbonyl (C=O) groups excluding carboxylic acids is 1. The van der Waals surface area contributed by atoms with Crippen LogP contribution in [0.1, 0.15) is 38.8 Å². The molecular formula is C16H26N2O2. The molecule has 1 aromatic rings. The number of carbonyl (C=O) groups is 1. The van der Waals surface area contributed by atoms with E-state index in [1.165, 1.54) is 0 Å². The number of ether oxygens (including phenoxy) is 1. The summed E-state index contributed by atoms with van der Waals surface area (Å²) in [5.41, 5.74) is 7.11. The van der Waals surface area contributed by atoms with E-state index in [4.69, 9.17) is 10.5 Å². The van der Waals surface area contributed by atoms with Gasteiger partial charge in [0.2, 0.25) is 5.91 Å². The number of amides is 1. The van der Waals surface area contributed by atoms with E-state index in [-0.39, 0.29) is 24.0 Å². The molecule has 1 amide bonds. The molecule has 4 heteroatoms. The zero-order valence-electron chi connectivity index (χ0n) is 12.6. The van der Waals surface area contributed by atoms with E-state index in [0.717, 1.165) is 12.0 Å². The number of benzene rings is 1. The van der Waals surface area contributed by atoms with Crippen LogP contribution >= 0.6 is 0 Å². The fourth-order valence-corrected chi connectivity index (χ4v) is 1.89. The minimum atomic E-state index is -0.275. The highest BCUT2D eigenvalue weighted by Gasteiger charge is 2.21. The summed E-state index contributed by atoms with van der Waals surface area (Å²) in [6.45, 7) is 7.14. The average molecular weight is 278 g/mol. The molecule has 0 bridgehead atoms. The summed E-state index contributed by atoms with van der Waals surface area (Å²) in [5, 5.41) is 2.91. The first kappa shape index (κ1) is 16.7. The molecule has 20 heavy (non-hydrogen) atoms. The van der Waals surface area contributed by atoms with Crippen LogP contribution in [0.2, 0.25) is 0 Å². The maximum absolute atomic E-state index is 12.0. The standard InChI is InChI=1S/C16H26N2O2/c1-12(2)20-11-7-10-18-16(19)13(3)15(17)14-8-5-4-6-9-14/h4-6,8-9,12-13,15H,7,10-11,17H2,1-3H3,(H,18,19). The van der Waals surface area contributed by atoms with Crippen LogP contribution in [-0.4, -0.2) is 25.2 Å². The zero-order chi connectivity index (χ0) is 15.0. The van der Waals surface area contributed by atoms with Crippen LogP contribution in [0.15, 0.2) is 30.3 Å². The minimum absolute atomic E-state index is 0.00843. The van der Waals surface area contributed by atoms with Gasteiger partial charge in [-0.15, -0.1) is 0 Å². The van der Waals surface area contributed by atoms with Gasteiger partial charge in [-0.2, -0.15) is 0 Å². The SMILES string of the molecule is CC(C)OCCCNC(=O)C(C)C(N)c1ccccc1. The van der Waals surface area contributed by atoms with Gasteiger partial charge < -0.3 is 15.8 Å². The average Bonchev–Trinajstić information content (AvgIpc) is 2.45. The monoisotopic (exact) mass is 278 g/mol. The van der Waals surface area contributed by atoms with Gasteiger partial charge in [0.1, 0.15) is 0 Å². The van der Waals surface area contributed by atoms with E-state index in [1.807, 2.05) is 51.1 Å². The van der Waals surface area contributed by atoms with Gasteiger partial charge in [-0.3, -0.25) is 4.79 Å². The van der Waals surface area contributed by atoms with E-state index in [1.54, 1.807) is 0 Å². The number of nitrogens with one attached hydrogen (secondary N) is 1. The summed E-state index contributed by atoms with van der Waals surface area (Å²) in [4.78, 5) is 12.0. The van der Waals surface area contributed by atoms with Crippen molar-refractivity contribution >= 4 is 5.91 Å². The molecule has 0 aromatic heterocycles. The molecular weight excluding hydrogens is 252 g/mol. The second kappa shape index (κ2) is 8.72. The quantitative estimate of drug-likeness (QED) is 0.717. The normalized spacial score (nSPS) is 14.1. The first-order valence-corrected chi connectivity index (χ1v) is 7.22. The summed E-state index contributed by atoms with van der Waals surface area (Å²) in [6.07, 6.45) is 1.05. The zero-order valence-corrected chi connectivity index (χ0v) is 12.6. The van der Waals surface area contributed by atoms with Crippen molar-refractivity contribution in [2.45, 2.75) is 39.3 Å². The Labute approximate surface area is 121 Å². The van der Waals surface area contributed by atoms with Crippen molar-refractivity contribution in [2.24, 2.45) is 11.7 Å². The summed E-state index contributed by atoms with van der Waals surface area (Å²) in [6, 6.07) is 9.43. The molecule has 0 aliphatic heterocycles. The molecule has 2 unspecified atom stereocenters. The Balaban J connectivity index is 2.32. The van der Waals surface area contributed by atoms with Crippen molar-refractivity contribution in [2.75, 3.05) is 13.2 Å². The van der Waals surface area contributed by atoms with Crippen LogP contribution in [-0.2, 0) is 9.53 Å². The smallest absolute Gasteiger partial charge is 0.224 e. The Hall–Kier alpha value is -1.39. The maximum Gasteiger partial charge on any atom is 0.224 e. The Morgan fingerprint density at radius 1 is 1.25 bits per heavy atom. The number of hydrogen-bond acceptors (Lipinski definition) is 3. The molecule has 0 radical (unpaired) electrons. The molecule has 0 heterocycles. The fourth-order valence-electron chi connectivity index (χ4n) is 1.89. The van der Waals surface area contributed by atoms with E-state index < -0.39 is 0 Å². The molecule has 2 atom stereocenters. The van der Waals surface area contributed by atoms with E-state index in [2.05, 4.69) is 5.32 Å². The molecule has 1 rings (SSSR count). The molecule has 3 N–H and O–H groups in total. The van der Waals surface area contributed by atoms with Crippen molar-refractivity contribution in [3.8, 4) is 0 Å². The predicted octanol–water partition coefficient (Wildman–Crippen LogP) is 2.25. The van der Waals surface area contributed by atoms with Gasteiger partial charge >= 0.3 is 0 Å². The number of nitrogens with two attached hydrogens (primary N) is 1. The van der Waals surface area contributed by atoms with Crippen molar-refractivity contribution in [1.82, 2.24) is 5.32 Å². The lowest BCUT2D eigenvalue weighted by molar-refractivity contribution is -0.125. The number of hydrogen-bond donors (Lipinski definition) is 2. The molecule has 0 fully saturated rings. The Bertz CT molecular complexity index is 393. The highest BCUT2D eigenvalue weighted by atomic mass is 16.5. The molecule has 4 nitrogen and oxygen atoms in total. The third-order valence-electron chi connectivity index (χ3n) is 3.21. The van der Waals surface area contributed by atoms with Crippen molar-refractivity contribution in [1.29, 1.82) is 0 Å². The maximum atomic E-state index is 12.0. The van der Waals surface area contributed by atoms with Gasteiger partial charge in [0.05, 0.1) is 12.0 Å². The number of rotatable bonds is 8. The third kappa shape index (κ3) is 5.72. The van der Waals surface area contributed by atoms with Crippen molar-refractivity contribution < 1.29 is 9.53 Å². The largest absolute Gasteiger partial charge is 0.379 e. The van der Waals surface area contributed by atoms with Crippen molar-refractivity contribution in [3.05, 3.63) is 35.9 Å². The summed E-state index contributed by atoms with van der Waals surface area (Å²) < 4.78 is 5.42. The van der Waals surface area contributed by atoms with E-state index in [9.17, 15) is 4.79 Å². The highest BCUT2D eigenvalue weighted by molar-refractivity contribution is 5.79. The van der Waals surface area contributed by atoms with Gasteiger partial charge in [-0.05, 0) is 25.8 Å². The van der Waals surface area contributed by atoms with E-state index >= 15 is 0 Å². The van der Waals surface area contributed by atoms with Gasteiger partial charge in [0.25, 0.3) is 0 Å². The molecule has 0 spiro atoms. The van der Waals surface area contributed by atoms with E-state index in [0.29, 0.717) is 13.2 Å². The summed E-state index contributed by atoms with van der Waals surface area (Å²) in [7, 11) is 0. The first-order valence-electron chi connectivity index (χ1n) is 7.22. The van der Waals surface area contributed by atoms with Gasteiger partial charge in [-0.1, -0.05) is 37.3 Å². The molecule has 0 saturated heterocycles. The van der Waals surface area contributed by atoms with Crippen LogP contribution in [0.25, 0.3) is 0 Å². The van der Waals surface area contributed by atoms with Gasteiger partial charge in [0.15, 0.2) is 0 Å². The topological polar surface area (TPSA) is 64.3 Å². The lowest BCUT2D eigenvalue weighted by Crippen LogP contribution is -2.36. The lowest BCUT2D eigenvalue weighted by atomic mass is 9.95. The highest BCUT2D eigenvalue weighted by Crippen LogP contribution is 2.18. The Morgan fingerprint density at radius 2 is 1.90 bits per heavy atom. The fraction of sp³-hybridized carbons (Fsp3) is 0.562. The van der Waals surface area contributed by atoms with Gasteiger partial charge in [-0.25, -0.2) is 0 Å².